The zero-order valence-corrected chi connectivity index (χ0v) is 11.7. The number of hydrogen-bond acceptors (Lipinski definition) is 4. The van der Waals surface area contributed by atoms with Crippen LogP contribution in [0.15, 0.2) is 18.2 Å². The monoisotopic (exact) mass is 331 g/mol. The summed E-state index contributed by atoms with van der Waals surface area (Å²) in [5.74, 6) is -1.52. The second kappa shape index (κ2) is 6.94. The Kier molecular flexibility index (Phi) is 5.78. The maximum atomic E-state index is 13.4. The number of nitrogens with one attached hydrogen (secondary N) is 1. The maximum Gasteiger partial charge on any atom is 0.411 e. The zero-order valence-electron chi connectivity index (χ0n) is 10.9. The van der Waals surface area contributed by atoms with Crippen LogP contribution in [0.4, 0.5) is 23.2 Å². The van der Waals surface area contributed by atoms with Gasteiger partial charge in [-0.25, -0.2) is 12.8 Å². The summed E-state index contributed by atoms with van der Waals surface area (Å²) in [7, 11) is -2.69. The van der Waals surface area contributed by atoms with E-state index >= 15 is 0 Å². The molecule has 0 heterocycles. The molecule has 10 heteroatoms. The van der Waals surface area contributed by atoms with Gasteiger partial charge in [-0.2, -0.15) is 13.2 Å². The smallest absolute Gasteiger partial charge is 0.411 e. The van der Waals surface area contributed by atoms with Gasteiger partial charge in [0.05, 0.1) is 25.2 Å². The lowest BCUT2D eigenvalue weighted by atomic mass is 10.3. The number of sulfonamides is 1. The molecule has 0 aromatic heterocycles. The Labute approximate surface area is 118 Å². The number of rotatable bonds is 7. The third kappa shape index (κ3) is 6.63. The molecule has 1 rings (SSSR count). The first-order valence-electron chi connectivity index (χ1n) is 5.61. The molecule has 1 aromatic rings. The molecule has 0 spiro atoms. The average molecular weight is 331 g/mol. The summed E-state index contributed by atoms with van der Waals surface area (Å²) in [6.45, 7) is -2.16. The topological polar surface area (TPSA) is 64.6 Å². The van der Waals surface area contributed by atoms with Crippen molar-refractivity contribution >= 4 is 15.7 Å². The van der Waals surface area contributed by atoms with Crippen molar-refractivity contribution in [2.75, 3.05) is 30.8 Å². The van der Waals surface area contributed by atoms with Gasteiger partial charge in [0.15, 0.2) is 11.6 Å². The molecule has 0 aliphatic heterocycles. The lowest BCUT2D eigenvalue weighted by molar-refractivity contribution is -0.172. The standard InChI is InChI=1S/C11H13F4NO4S/c1-19-10-3-2-8(6-9(10)12)16-21(17,18)5-4-20-7-11(13,14)15/h2-3,6,16H,4-5,7H2,1H3. The van der Waals surface area contributed by atoms with E-state index in [9.17, 15) is 26.0 Å². The summed E-state index contributed by atoms with van der Waals surface area (Å²) in [6, 6.07) is 3.37. The Morgan fingerprint density at radius 3 is 2.48 bits per heavy atom. The fourth-order valence-corrected chi connectivity index (χ4v) is 2.24. The van der Waals surface area contributed by atoms with Gasteiger partial charge < -0.3 is 9.47 Å². The van der Waals surface area contributed by atoms with Gasteiger partial charge in [0.2, 0.25) is 10.0 Å². The number of alkyl halides is 3. The predicted molar refractivity (Wildman–Crippen MR) is 67.2 cm³/mol. The SMILES string of the molecule is COc1ccc(NS(=O)(=O)CCOCC(F)(F)F)cc1F. The van der Waals surface area contributed by atoms with Crippen LogP contribution in [0.3, 0.4) is 0 Å². The van der Waals surface area contributed by atoms with E-state index in [1.54, 1.807) is 0 Å². The lowest BCUT2D eigenvalue weighted by Gasteiger charge is -2.10. The Balaban J connectivity index is 2.54. The van der Waals surface area contributed by atoms with E-state index in [1.165, 1.54) is 19.2 Å². The molecule has 1 aromatic carbocycles. The first-order valence-corrected chi connectivity index (χ1v) is 7.27. The molecular weight excluding hydrogens is 318 g/mol. The molecular formula is C11H13F4NO4S. The third-order valence-electron chi connectivity index (χ3n) is 2.19. The number of hydrogen-bond donors (Lipinski definition) is 1. The van der Waals surface area contributed by atoms with Crippen LogP contribution in [-0.2, 0) is 14.8 Å². The molecule has 21 heavy (non-hydrogen) atoms. The van der Waals surface area contributed by atoms with Crippen LogP contribution in [0.1, 0.15) is 0 Å². The summed E-state index contributed by atoms with van der Waals surface area (Å²) < 4.78 is 82.7. The second-order valence-corrected chi connectivity index (χ2v) is 5.78. The third-order valence-corrected chi connectivity index (χ3v) is 3.44. The van der Waals surface area contributed by atoms with E-state index < -0.39 is 41.0 Å². The van der Waals surface area contributed by atoms with E-state index in [1.807, 2.05) is 4.72 Å². The van der Waals surface area contributed by atoms with E-state index in [2.05, 4.69) is 9.47 Å². The van der Waals surface area contributed by atoms with Crippen molar-refractivity contribution in [1.29, 1.82) is 0 Å². The molecule has 0 saturated heterocycles. The Bertz CT molecular complexity index is 574. The minimum absolute atomic E-state index is 0.0635. The van der Waals surface area contributed by atoms with Gasteiger partial charge in [-0.1, -0.05) is 0 Å². The van der Waals surface area contributed by atoms with Gasteiger partial charge in [0.25, 0.3) is 0 Å². The predicted octanol–water partition coefficient (Wildman–Crippen LogP) is 2.15. The number of methoxy groups -OCH3 is 1. The first kappa shape index (κ1) is 17.5. The highest BCUT2D eigenvalue weighted by Crippen LogP contribution is 2.21. The van der Waals surface area contributed by atoms with Gasteiger partial charge in [-0.3, -0.25) is 4.72 Å². The van der Waals surface area contributed by atoms with Crippen molar-refractivity contribution in [2.24, 2.45) is 0 Å². The highest BCUT2D eigenvalue weighted by atomic mass is 32.2. The van der Waals surface area contributed by atoms with Gasteiger partial charge in [-0.05, 0) is 12.1 Å². The molecule has 0 saturated carbocycles. The minimum Gasteiger partial charge on any atom is -0.494 e. The van der Waals surface area contributed by atoms with Crippen LogP contribution in [0.25, 0.3) is 0 Å². The molecule has 1 N–H and O–H groups in total. The molecule has 0 radical (unpaired) electrons. The van der Waals surface area contributed by atoms with Gasteiger partial charge >= 0.3 is 6.18 Å². The van der Waals surface area contributed by atoms with Crippen LogP contribution < -0.4 is 9.46 Å². The molecule has 0 aliphatic carbocycles. The molecule has 0 unspecified atom stereocenters. The number of ether oxygens (including phenoxy) is 2. The largest absolute Gasteiger partial charge is 0.494 e. The zero-order chi connectivity index (χ0) is 16.1. The summed E-state index contributed by atoms with van der Waals surface area (Å²) >= 11 is 0. The van der Waals surface area contributed by atoms with Crippen LogP contribution in [-0.4, -0.2) is 40.7 Å². The van der Waals surface area contributed by atoms with Crippen molar-refractivity contribution in [3.05, 3.63) is 24.0 Å². The van der Waals surface area contributed by atoms with E-state index in [0.29, 0.717) is 0 Å². The first-order chi connectivity index (χ1) is 9.63. The average Bonchev–Trinajstić information content (AvgIpc) is 2.33. The maximum absolute atomic E-state index is 13.4. The molecule has 0 fully saturated rings. The molecule has 0 aliphatic rings. The van der Waals surface area contributed by atoms with Crippen molar-refractivity contribution in [1.82, 2.24) is 0 Å². The summed E-state index contributed by atoms with van der Waals surface area (Å²) in [5.41, 5.74) is -0.0656. The van der Waals surface area contributed by atoms with Gasteiger partial charge in [0, 0.05) is 6.07 Å². The quantitative estimate of drug-likeness (QED) is 0.614. The molecule has 0 amide bonds. The van der Waals surface area contributed by atoms with Crippen LogP contribution in [0, 0.1) is 5.82 Å². The van der Waals surface area contributed by atoms with Crippen molar-refractivity contribution < 1.29 is 35.5 Å². The van der Waals surface area contributed by atoms with E-state index in [4.69, 9.17) is 0 Å². The van der Waals surface area contributed by atoms with Gasteiger partial charge in [-0.15, -0.1) is 0 Å². The van der Waals surface area contributed by atoms with Crippen LogP contribution in [0.2, 0.25) is 0 Å². The minimum atomic E-state index is -4.52. The normalized spacial score (nSPS) is 12.2. The fraction of sp³-hybridized carbons (Fsp3) is 0.455. The Hall–Kier alpha value is -1.55. The van der Waals surface area contributed by atoms with E-state index in [-0.39, 0.29) is 11.4 Å². The molecule has 5 nitrogen and oxygen atoms in total. The van der Waals surface area contributed by atoms with Crippen molar-refractivity contribution in [3.8, 4) is 5.75 Å². The highest BCUT2D eigenvalue weighted by Gasteiger charge is 2.27. The Morgan fingerprint density at radius 1 is 1.29 bits per heavy atom. The highest BCUT2D eigenvalue weighted by molar-refractivity contribution is 7.92. The van der Waals surface area contributed by atoms with Gasteiger partial charge in [0.1, 0.15) is 6.61 Å². The lowest BCUT2D eigenvalue weighted by Crippen LogP contribution is -2.23. The molecule has 120 valence electrons. The molecule has 0 atom stereocenters. The van der Waals surface area contributed by atoms with Crippen LogP contribution in [0.5, 0.6) is 5.75 Å². The number of anilines is 1. The number of halogens is 4. The summed E-state index contributed by atoms with van der Waals surface area (Å²) in [6.07, 6.45) is -4.52. The fourth-order valence-electron chi connectivity index (χ4n) is 1.32. The van der Waals surface area contributed by atoms with Crippen LogP contribution >= 0.6 is 0 Å². The van der Waals surface area contributed by atoms with Crippen molar-refractivity contribution in [2.45, 2.75) is 6.18 Å². The Morgan fingerprint density at radius 2 is 1.95 bits per heavy atom. The molecule has 0 bridgehead atoms. The second-order valence-electron chi connectivity index (χ2n) is 3.94. The summed E-state index contributed by atoms with van der Waals surface area (Å²) in [4.78, 5) is 0. The number of benzene rings is 1. The van der Waals surface area contributed by atoms with Crippen molar-refractivity contribution in [3.63, 3.8) is 0 Å². The summed E-state index contributed by atoms with van der Waals surface area (Å²) in [5, 5.41) is 0. The van der Waals surface area contributed by atoms with E-state index in [0.717, 1.165) is 6.07 Å².